The van der Waals surface area contributed by atoms with Crippen LogP contribution in [0.4, 0.5) is 0 Å². The largest absolute Gasteiger partial charge is 0.466 e. The van der Waals surface area contributed by atoms with Gasteiger partial charge in [-0.3, -0.25) is 19.8 Å². The summed E-state index contributed by atoms with van der Waals surface area (Å²) in [5.41, 5.74) is 1.17. The van der Waals surface area contributed by atoms with E-state index in [-0.39, 0.29) is 24.0 Å². The number of hydrogen-bond acceptors (Lipinski definition) is 5. The monoisotopic (exact) mass is 396 g/mol. The van der Waals surface area contributed by atoms with Crippen molar-refractivity contribution in [2.24, 2.45) is 5.41 Å². The maximum absolute atomic E-state index is 13.1. The second-order valence-corrected chi connectivity index (χ2v) is 7.62. The zero-order valence-corrected chi connectivity index (χ0v) is 16.8. The summed E-state index contributed by atoms with van der Waals surface area (Å²) in [6.45, 7) is 3.99. The van der Waals surface area contributed by atoms with Crippen LogP contribution in [0, 0.1) is 15.5 Å². The molecule has 6 nitrogen and oxygen atoms in total. The SMILES string of the molecule is CCOC(=O)C1(C(C[N+](=O)[O-])c2ccccc2)CCN(Cc2ccccc2)CC1. The van der Waals surface area contributed by atoms with Gasteiger partial charge in [-0.2, -0.15) is 0 Å². The van der Waals surface area contributed by atoms with E-state index in [1.54, 1.807) is 6.92 Å². The molecule has 154 valence electrons. The van der Waals surface area contributed by atoms with Crippen molar-refractivity contribution < 1.29 is 14.5 Å². The van der Waals surface area contributed by atoms with E-state index in [1.165, 1.54) is 5.56 Å². The Morgan fingerprint density at radius 3 is 2.24 bits per heavy atom. The number of ether oxygens (including phenoxy) is 1. The number of likely N-dealkylation sites (tertiary alicyclic amines) is 1. The number of piperidine rings is 1. The summed E-state index contributed by atoms with van der Waals surface area (Å²) in [4.78, 5) is 26.6. The molecule has 0 aromatic heterocycles. The van der Waals surface area contributed by atoms with Crippen molar-refractivity contribution in [1.29, 1.82) is 0 Å². The van der Waals surface area contributed by atoms with Crippen molar-refractivity contribution in [3.05, 3.63) is 81.9 Å². The summed E-state index contributed by atoms with van der Waals surface area (Å²) in [5.74, 6) is -0.813. The van der Waals surface area contributed by atoms with Crippen molar-refractivity contribution in [3.8, 4) is 0 Å². The minimum absolute atomic E-state index is 0.272. The summed E-state index contributed by atoms with van der Waals surface area (Å²) in [7, 11) is 0. The Morgan fingerprint density at radius 1 is 1.10 bits per heavy atom. The quantitative estimate of drug-likeness (QED) is 0.384. The molecule has 0 saturated carbocycles. The second kappa shape index (κ2) is 9.65. The zero-order chi connectivity index (χ0) is 20.7. The minimum atomic E-state index is -0.877. The number of esters is 1. The van der Waals surface area contributed by atoms with Crippen LogP contribution in [0.1, 0.15) is 36.8 Å². The van der Waals surface area contributed by atoms with E-state index in [2.05, 4.69) is 17.0 Å². The number of rotatable bonds is 8. The molecule has 3 rings (SSSR count). The Balaban J connectivity index is 1.86. The molecule has 6 heteroatoms. The van der Waals surface area contributed by atoms with Crippen LogP contribution in [0.25, 0.3) is 0 Å². The molecule has 2 aromatic carbocycles. The van der Waals surface area contributed by atoms with E-state index in [0.717, 1.165) is 12.1 Å². The number of carbonyl (C=O) groups is 1. The third kappa shape index (κ3) is 5.01. The smallest absolute Gasteiger partial charge is 0.313 e. The van der Waals surface area contributed by atoms with Gasteiger partial charge in [0.25, 0.3) is 0 Å². The fraction of sp³-hybridized carbons (Fsp3) is 0.435. The van der Waals surface area contributed by atoms with Gasteiger partial charge in [-0.1, -0.05) is 60.7 Å². The fourth-order valence-electron chi connectivity index (χ4n) is 4.36. The van der Waals surface area contributed by atoms with Gasteiger partial charge in [-0.15, -0.1) is 0 Å². The van der Waals surface area contributed by atoms with E-state index in [0.29, 0.717) is 25.9 Å². The molecule has 0 aliphatic carbocycles. The van der Waals surface area contributed by atoms with Gasteiger partial charge in [0.15, 0.2) is 0 Å². The van der Waals surface area contributed by atoms with Crippen LogP contribution in [-0.2, 0) is 16.1 Å². The molecule has 0 spiro atoms. The highest BCUT2D eigenvalue weighted by Gasteiger charge is 2.51. The molecule has 1 aliphatic rings. The van der Waals surface area contributed by atoms with Crippen LogP contribution in [0.3, 0.4) is 0 Å². The summed E-state index contributed by atoms with van der Waals surface area (Å²) in [5, 5.41) is 11.5. The van der Waals surface area contributed by atoms with Gasteiger partial charge >= 0.3 is 5.97 Å². The average Bonchev–Trinajstić information content (AvgIpc) is 2.74. The number of nitrogens with zero attached hydrogens (tertiary/aromatic N) is 2. The van der Waals surface area contributed by atoms with Gasteiger partial charge in [0.05, 0.1) is 17.9 Å². The van der Waals surface area contributed by atoms with Crippen LogP contribution < -0.4 is 0 Å². The van der Waals surface area contributed by atoms with Crippen molar-refractivity contribution in [3.63, 3.8) is 0 Å². The highest BCUT2D eigenvalue weighted by atomic mass is 16.6. The van der Waals surface area contributed by atoms with Crippen LogP contribution in [0.2, 0.25) is 0 Å². The summed E-state index contributed by atoms with van der Waals surface area (Å²) >= 11 is 0. The number of benzene rings is 2. The summed E-state index contributed by atoms with van der Waals surface area (Å²) < 4.78 is 5.44. The first-order chi connectivity index (χ1) is 14.0. The Labute approximate surface area is 171 Å². The number of hydrogen-bond donors (Lipinski definition) is 0. The topological polar surface area (TPSA) is 72.7 Å². The van der Waals surface area contributed by atoms with Gasteiger partial charge in [-0.25, -0.2) is 0 Å². The molecule has 29 heavy (non-hydrogen) atoms. The lowest BCUT2D eigenvalue weighted by Gasteiger charge is -2.43. The Kier molecular flexibility index (Phi) is 6.99. The first kappa shape index (κ1) is 21.0. The molecule has 1 heterocycles. The molecule has 0 bridgehead atoms. The molecular weight excluding hydrogens is 368 g/mol. The minimum Gasteiger partial charge on any atom is -0.466 e. The fourth-order valence-corrected chi connectivity index (χ4v) is 4.36. The van der Waals surface area contributed by atoms with Crippen molar-refractivity contribution in [2.45, 2.75) is 32.2 Å². The standard InChI is InChI=1S/C23H28N2O4/c1-2-29-22(26)23(21(18-25(27)28)20-11-7-4-8-12-20)13-15-24(16-14-23)17-19-9-5-3-6-10-19/h3-12,21H,2,13-18H2,1H3. The van der Waals surface area contributed by atoms with Crippen LogP contribution >= 0.6 is 0 Å². The van der Waals surface area contributed by atoms with Crippen molar-refractivity contribution in [2.75, 3.05) is 26.2 Å². The van der Waals surface area contributed by atoms with Gasteiger partial charge in [0.1, 0.15) is 0 Å². The Hall–Kier alpha value is -2.73. The normalized spacial score (nSPS) is 17.4. The first-order valence-corrected chi connectivity index (χ1v) is 10.2. The highest BCUT2D eigenvalue weighted by molar-refractivity contribution is 5.78. The van der Waals surface area contributed by atoms with Crippen molar-refractivity contribution in [1.82, 2.24) is 4.90 Å². The predicted octanol–water partition coefficient (Wildman–Crippen LogP) is 3.89. The van der Waals surface area contributed by atoms with E-state index in [1.807, 2.05) is 48.5 Å². The van der Waals surface area contributed by atoms with Crippen molar-refractivity contribution >= 4 is 5.97 Å². The maximum atomic E-state index is 13.1. The molecule has 1 aliphatic heterocycles. The predicted molar refractivity (Wildman–Crippen MR) is 111 cm³/mol. The van der Waals surface area contributed by atoms with Crippen LogP contribution in [0.15, 0.2) is 60.7 Å². The third-order valence-corrected chi connectivity index (χ3v) is 5.88. The van der Waals surface area contributed by atoms with Gasteiger partial charge in [-0.05, 0) is 44.0 Å². The molecule has 1 fully saturated rings. The molecule has 2 aromatic rings. The second-order valence-electron chi connectivity index (χ2n) is 7.62. The summed E-state index contributed by atoms with van der Waals surface area (Å²) in [6.07, 6.45) is 1.10. The summed E-state index contributed by atoms with van der Waals surface area (Å²) in [6, 6.07) is 19.6. The number of carbonyl (C=O) groups excluding carboxylic acids is 1. The molecule has 0 N–H and O–H groups in total. The van der Waals surface area contributed by atoms with E-state index < -0.39 is 11.3 Å². The molecular formula is C23H28N2O4. The molecule has 1 unspecified atom stereocenters. The molecule has 0 radical (unpaired) electrons. The molecule has 0 amide bonds. The maximum Gasteiger partial charge on any atom is 0.313 e. The lowest BCUT2D eigenvalue weighted by Crippen LogP contribution is -2.49. The van der Waals surface area contributed by atoms with E-state index in [4.69, 9.17) is 4.74 Å². The lowest BCUT2D eigenvalue weighted by atomic mass is 9.66. The zero-order valence-electron chi connectivity index (χ0n) is 16.8. The Bertz CT molecular complexity index is 802. The van der Waals surface area contributed by atoms with Crippen LogP contribution in [0.5, 0.6) is 0 Å². The lowest BCUT2D eigenvalue weighted by molar-refractivity contribution is -0.486. The van der Waals surface area contributed by atoms with Gasteiger partial charge < -0.3 is 4.74 Å². The van der Waals surface area contributed by atoms with Gasteiger partial charge in [0, 0.05) is 11.5 Å². The molecule has 1 atom stereocenters. The third-order valence-electron chi connectivity index (χ3n) is 5.88. The Morgan fingerprint density at radius 2 is 1.69 bits per heavy atom. The first-order valence-electron chi connectivity index (χ1n) is 10.2. The van der Waals surface area contributed by atoms with E-state index in [9.17, 15) is 14.9 Å². The molecule has 1 saturated heterocycles. The van der Waals surface area contributed by atoms with E-state index >= 15 is 0 Å². The highest BCUT2D eigenvalue weighted by Crippen LogP contribution is 2.46. The van der Waals surface area contributed by atoms with Crippen LogP contribution in [-0.4, -0.2) is 42.0 Å². The number of nitro groups is 1. The average molecular weight is 396 g/mol. The van der Waals surface area contributed by atoms with Gasteiger partial charge in [0.2, 0.25) is 6.54 Å².